The molecule has 0 radical (unpaired) electrons. The van der Waals surface area contributed by atoms with Crippen molar-refractivity contribution in [1.29, 1.82) is 5.26 Å². The molecule has 0 N–H and O–H groups in total. The summed E-state index contributed by atoms with van der Waals surface area (Å²) < 4.78 is 10.9. The van der Waals surface area contributed by atoms with E-state index in [0.29, 0.717) is 29.2 Å². The lowest BCUT2D eigenvalue weighted by Gasteiger charge is -2.08. The normalized spacial score (nSPS) is 9.74. The summed E-state index contributed by atoms with van der Waals surface area (Å²) in [5.74, 6) is 0.689. The maximum atomic E-state index is 12.2. The van der Waals surface area contributed by atoms with Gasteiger partial charge in [-0.1, -0.05) is 6.08 Å². The molecule has 23 heavy (non-hydrogen) atoms. The minimum Gasteiger partial charge on any atom is -0.493 e. The molecule has 116 valence electrons. The maximum absolute atomic E-state index is 12.2. The highest BCUT2D eigenvalue weighted by Crippen LogP contribution is 2.21. The Kier molecular flexibility index (Phi) is 5.54. The summed E-state index contributed by atoms with van der Waals surface area (Å²) in [6.07, 6.45) is 2.55. The molecule has 0 amide bonds. The van der Waals surface area contributed by atoms with E-state index in [9.17, 15) is 4.79 Å². The van der Waals surface area contributed by atoms with Gasteiger partial charge < -0.3 is 9.47 Å². The average Bonchev–Trinajstić information content (AvgIpc) is 2.57. The van der Waals surface area contributed by atoms with Crippen molar-refractivity contribution in [2.24, 2.45) is 0 Å². The first-order valence-electron chi connectivity index (χ1n) is 7.20. The summed E-state index contributed by atoms with van der Waals surface area (Å²) >= 11 is 0. The maximum Gasteiger partial charge on any atom is 0.343 e. The Morgan fingerprint density at radius 3 is 2.61 bits per heavy atom. The van der Waals surface area contributed by atoms with E-state index in [1.165, 1.54) is 0 Å². The minimum atomic E-state index is -0.449. The highest BCUT2D eigenvalue weighted by molar-refractivity contribution is 5.91. The topological polar surface area (TPSA) is 59.3 Å². The minimum absolute atomic E-state index is 0.435. The Labute approximate surface area is 135 Å². The Morgan fingerprint density at radius 2 is 2.00 bits per heavy atom. The Balaban J connectivity index is 2.03. The van der Waals surface area contributed by atoms with Gasteiger partial charge in [-0.15, -0.1) is 6.58 Å². The number of carbonyl (C=O) groups is 1. The zero-order chi connectivity index (χ0) is 16.7. The van der Waals surface area contributed by atoms with E-state index in [1.807, 2.05) is 6.07 Å². The largest absolute Gasteiger partial charge is 0.493 e. The molecule has 0 fully saturated rings. The number of carbonyl (C=O) groups excluding carboxylic acids is 1. The van der Waals surface area contributed by atoms with Gasteiger partial charge in [-0.05, 0) is 61.4 Å². The van der Waals surface area contributed by atoms with Gasteiger partial charge >= 0.3 is 5.97 Å². The van der Waals surface area contributed by atoms with Crippen LogP contribution in [0.1, 0.15) is 27.9 Å². The molecule has 0 heterocycles. The fourth-order valence-corrected chi connectivity index (χ4v) is 1.94. The number of esters is 1. The predicted molar refractivity (Wildman–Crippen MR) is 87.6 cm³/mol. The van der Waals surface area contributed by atoms with Gasteiger partial charge in [0.05, 0.1) is 23.8 Å². The van der Waals surface area contributed by atoms with Gasteiger partial charge in [-0.2, -0.15) is 5.26 Å². The number of nitriles is 1. The molecule has 4 heteroatoms. The van der Waals surface area contributed by atoms with Gasteiger partial charge in [-0.25, -0.2) is 4.79 Å². The number of nitrogens with zero attached hydrogens (tertiary/aromatic N) is 1. The highest BCUT2D eigenvalue weighted by Gasteiger charge is 2.11. The molecule has 0 saturated heterocycles. The van der Waals surface area contributed by atoms with Crippen molar-refractivity contribution in [1.82, 2.24) is 0 Å². The molecule has 0 atom stereocenters. The molecule has 2 aromatic carbocycles. The number of aryl methyl sites for hydroxylation is 1. The van der Waals surface area contributed by atoms with E-state index < -0.39 is 5.97 Å². The third-order valence-corrected chi connectivity index (χ3v) is 3.19. The third kappa shape index (κ3) is 4.45. The van der Waals surface area contributed by atoms with Crippen molar-refractivity contribution in [2.75, 3.05) is 6.61 Å². The third-order valence-electron chi connectivity index (χ3n) is 3.19. The molecule has 0 aliphatic carbocycles. The quantitative estimate of drug-likeness (QED) is 0.350. The van der Waals surface area contributed by atoms with Gasteiger partial charge in [0.2, 0.25) is 0 Å². The van der Waals surface area contributed by atoms with E-state index in [2.05, 4.69) is 6.58 Å². The van der Waals surface area contributed by atoms with Crippen molar-refractivity contribution >= 4 is 5.97 Å². The molecule has 0 aliphatic heterocycles. The van der Waals surface area contributed by atoms with Crippen LogP contribution in [0.2, 0.25) is 0 Å². The Morgan fingerprint density at radius 1 is 1.26 bits per heavy atom. The molecule has 0 aliphatic rings. The number of hydrogen-bond acceptors (Lipinski definition) is 4. The smallest absolute Gasteiger partial charge is 0.343 e. The first-order valence-corrected chi connectivity index (χ1v) is 7.20. The molecule has 2 rings (SSSR count). The van der Waals surface area contributed by atoms with Gasteiger partial charge in [-0.3, -0.25) is 0 Å². The van der Waals surface area contributed by atoms with Crippen LogP contribution in [0.15, 0.2) is 55.1 Å². The molecule has 0 spiro atoms. The summed E-state index contributed by atoms with van der Waals surface area (Å²) in [6, 6.07) is 13.7. The lowest BCUT2D eigenvalue weighted by molar-refractivity contribution is 0.0733. The van der Waals surface area contributed by atoms with Crippen LogP contribution in [-0.2, 0) is 0 Å². The number of ether oxygens (including phenoxy) is 2. The van der Waals surface area contributed by atoms with Gasteiger partial charge in [0, 0.05) is 0 Å². The van der Waals surface area contributed by atoms with Crippen LogP contribution in [-0.4, -0.2) is 12.6 Å². The van der Waals surface area contributed by atoms with Crippen LogP contribution in [0.4, 0.5) is 0 Å². The first-order chi connectivity index (χ1) is 11.1. The molecule has 0 unspecified atom stereocenters. The molecule has 0 saturated carbocycles. The summed E-state index contributed by atoms with van der Waals surface area (Å²) in [4.78, 5) is 12.2. The van der Waals surface area contributed by atoms with E-state index in [1.54, 1.807) is 55.5 Å². The van der Waals surface area contributed by atoms with Gasteiger partial charge in [0.15, 0.2) is 0 Å². The van der Waals surface area contributed by atoms with E-state index in [0.717, 1.165) is 12.0 Å². The number of rotatable bonds is 6. The monoisotopic (exact) mass is 307 g/mol. The Bertz CT molecular complexity index is 742. The van der Waals surface area contributed by atoms with Crippen LogP contribution in [0, 0.1) is 18.3 Å². The molecule has 0 bridgehead atoms. The van der Waals surface area contributed by atoms with Crippen molar-refractivity contribution in [2.45, 2.75) is 13.3 Å². The van der Waals surface area contributed by atoms with Crippen LogP contribution < -0.4 is 9.47 Å². The van der Waals surface area contributed by atoms with E-state index in [-0.39, 0.29) is 0 Å². The average molecular weight is 307 g/mol. The number of benzene rings is 2. The highest BCUT2D eigenvalue weighted by atomic mass is 16.5. The summed E-state index contributed by atoms with van der Waals surface area (Å²) in [6.45, 7) is 5.97. The summed E-state index contributed by atoms with van der Waals surface area (Å²) in [5, 5.41) is 8.84. The van der Waals surface area contributed by atoms with E-state index >= 15 is 0 Å². The Hall–Kier alpha value is -3.06. The van der Waals surface area contributed by atoms with Crippen LogP contribution in [0.3, 0.4) is 0 Å². The van der Waals surface area contributed by atoms with Crippen molar-refractivity contribution in [3.05, 3.63) is 71.8 Å². The zero-order valence-corrected chi connectivity index (χ0v) is 12.9. The van der Waals surface area contributed by atoms with Gasteiger partial charge in [0.25, 0.3) is 0 Å². The van der Waals surface area contributed by atoms with Crippen LogP contribution in [0.5, 0.6) is 11.5 Å². The number of hydrogen-bond donors (Lipinski definition) is 0. The van der Waals surface area contributed by atoms with Crippen LogP contribution >= 0.6 is 0 Å². The van der Waals surface area contributed by atoms with Crippen molar-refractivity contribution in [3.63, 3.8) is 0 Å². The second-order valence-corrected chi connectivity index (χ2v) is 4.93. The van der Waals surface area contributed by atoms with E-state index in [4.69, 9.17) is 14.7 Å². The lowest BCUT2D eigenvalue weighted by Crippen LogP contribution is -2.09. The zero-order valence-electron chi connectivity index (χ0n) is 12.9. The van der Waals surface area contributed by atoms with Gasteiger partial charge in [0.1, 0.15) is 11.5 Å². The second kappa shape index (κ2) is 7.81. The van der Waals surface area contributed by atoms with Crippen LogP contribution in [0.25, 0.3) is 0 Å². The molecular formula is C19H17NO3. The van der Waals surface area contributed by atoms with Crippen molar-refractivity contribution < 1.29 is 14.3 Å². The SMILES string of the molecule is C=CCCOc1ccc(C(=O)Oc2ccc(C#N)cc2C)cc1. The fraction of sp³-hybridized carbons (Fsp3) is 0.158. The molecule has 0 aromatic heterocycles. The standard InChI is InChI=1S/C19H17NO3/c1-3-4-11-22-17-8-6-16(7-9-17)19(21)23-18-10-5-15(13-20)12-14(18)2/h3,5-10,12H,1,4,11H2,2H3. The van der Waals surface area contributed by atoms with Crippen molar-refractivity contribution in [3.8, 4) is 17.6 Å². The fourth-order valence-electron chi connectivity index (χ4n) is 1.94. The summed E-state index contributed by atoms with van der Waals surface area (Å²) in [7, 11) is 0. The molecule has 2 aromatic rings. The second-order valence-electron chi connectivity index (χ2n) is 4.93. The molecule has 4 nitrogen and oxygen atoms in total. The molecular weight excluding hydrogens is 290 g/mol. The predicted octanol–water partition coefficient (Wildman–Crippen LogP) is 4.04. The lowest BCUT2D eigenvalue weighted by atomic mass is 10.1. The summed E-state index contributed by atoms with van der Waals surface area (Å²) in [5.41, 5.74) is 1.70. The first kappa shape index (κ1) is 16.3.